The third-order valence-corrected chi connectivity index (χ3v) is 5.77. The molecule has 2 aromatic carbocycles. The van der Waals surface area contributed by atoms with E-state index < -0.39 is 11.4 Å². The summed E-state index contributed by atoms with van der Waals surface area (Å²) in [5.41, 5.74) is 8.12. The molecule has 1 aromatic heterocycles. The van der Waals surface area contributed by atoms with Crippen molar-refractivity contribution >= 4 is 28.7 Å². The number of carbonyl (C=O) groups is 2. The van der Waals surface area contributed by atoms with Crippen LogP contribution in [0.4, 0.5) is 0 Å². The van der Waals surface area contributed by atoms with E-state index in [0.29, 0.717) is 34.3 Å². The smallest absolute Gasteiger partial charge is 0.325 e. The first-order chi connectivity index (χ1) is 16.0. The van der Waals surface area contributed by atoms with Crippen LogP contribution in [0, 0.1) is 5.41 Å². The van der Waals surface area contributed by atoms with E-state index in [-0.39, 0.29) is 30.5 Å². The number of amides is 1. The van der Waals surface area contributed by atoms with Crippen LogP contribution in [0.25, 0.3) is 11.0 Å². The number of ether oxygens (including phenoxy) is 1. The van der Waals surface area contributed by atoms with Crippen molar-refractivity contribution in [3.05, 3.63) is 75.2 Å². The molecule has 0 bridgehead atoms. The second-order valence-electron chi connectivity index (χ2n) is 8.53. The summed E-state index contributed by atoms with van der Waals surface area (Å²) in [4.78, 5) is 41.9. The van der Waals surface area contributed by atoms with Crippen LogP contribution in [0.5, 0.6) is 0 Å². The predicted octanol–water partition coefficient (Wildman–Crippen LogP) is 1.77. The standard InChI is InChI=1S/C25H29N5O4/c1-5-34-21(31)14-28-24(33)25(2,3)17-10-11-20-18(13-17)29-19(23(32)30(20)4)12-15-6-8-16(9-7-15)22(26)27/h6-11,13H,5,12,14H2,1-4H3,(H3,26,27)(H,28,33). The fourth-order valence-electron chi connectivity index (χ4n) is 3.61. The number of esters is 1. The van der Waals surface area contributed by atoms with E-state index in [1.165, 1.54) is 0 Å². The topological polar surface area (TPSA) is 140 Å². The van der Waals surface area contributed by atoms with Crippen LogP contribution in [0.1, 0.15) is 43.2 Å². The molecule has 0 aliphatic carbocycles. The van der Waals surface area contributed by atoms with Gasteiger partial charge in [-0.1, -0.05) is 30.3 Å². The lowest BCUT2D eigenvalue weighted by molar-refractivity contribution is -0.143. The number of nitrogen functional groups attached to an aromatic ring is 1. The molecule has 0 fully saturated rings. The molecular weight excluding hydrogens is 434 g/mol. The molecule has 1 amide bonds. The van der Waals surface area contributed by atoms with Gasteiger partial charge < -0.3 is 20.4 Å². The van der Waals surface area contributed by atoms with E-state index in [9.17, 15) is 14.4 Å². The van der Waals surface area contributed by atoms with Gasteiger partial charge in [-0.2, -0.15) is 0 Å². The highest BCUT2D eigenvalue weighted by molar-refractivity contribution is 5.95. The average molecular weight is 464 g/mol. The molecule has 0 saturated carbocycles. The molecule has 0 spiro atoms. The molecule has 0 atom stereocenters. The average Bonchev–Trinajstić information content (AvgIpc) is 2.81. The number of rotatable bonds is 8. The number of hydrogen-bond acceptors (Lipinski definition) is 6. The minimum atomic E-state index is -0.945. The monoisotopic (exact) mass is 463 g/mol. The van der Waals surface area contributed by atoms with Crippen molar-refractivity contribution in [1.29, 1.82) is 5.41 Å². The number of nitrogens with two attached hydrogens (primary N) is 1. The Labute approximate surface area is 197 Å². The summed E-state index contributed by atoms with van der Waals surface area (Å²) in [6.45, 7) is 5.26. The molecule has 1 heterocycles. The second kappa shape index (κ2) is 9.86. The van der Waals surface area contributed by atoms with Crippen molar-refractivity contribution in [3.8, 4) is 0 Å². The minimum Gasteiger partial charge on any atom is -0.465 e. The second-order valence-corrected chi connectivity index (χ2v) is 8.53. The SMILES string of the molecule is CCOC(=O)CNC(=O)C(C)(C)c1ccc2c(c1)nc(Cc1ccc(C(=N)N)cc1)c(=O)n2C. The zero-order valence-electron chi connectivity index (χ0n) is 19.8. The van der Waals surface area contributed by atoms with Gasteiger partial charge in [0, 0.05) is 19.0 Å². The van der Waals surface area contributed by atoms with Gasteiger partial charge in [0.05, 0.1) is 23.1 Å². The highest BCUT2D eigenvalue weighted by Crippen LogP contribution is 2.26. The Morgan fingerprint density at radius 3 is 2.47 bits per heavy atom. The van der Waals surface area contributed by atoms with E-state index in [1.807, 2.05) is 12.1 Å². The maximum Gasteiger partial charge on any atom is 0.325 e. The predicted molar refractivity (Wildman–Crippen MR) is 130 cm³/mol. The quantitative estimate of drug-likeness (QED) is 0.264. The molecule has 0 saturated heterocycles. The molecule has 3 aromatic rings. The summed E-state index contributed by atoms with van der Waals surface area (Å²) >= 11 is 0. The van der Waals surface area contributed by atoms with Gasteiger partial charge in [-0.3, -0.25) is 19.8 Å². The first kappa shape index (κ1) is 24.6. The Morgan fingerprint density at radius 2 is 1.85 bits per heavy atom. The number of hydrogen-bond donors (Lipinski definition) is 3. The number of nitrogens with zero attached hydrogens (tertiary/aromatic N) is 2. The number of aromatic nitrogens is 2. The first-order valence-electron chi connectivity index (χ1n) is 10.9. The normalized spacial score (nSPS) is 11.3. The van der Waals surface area contributed by atoms with Crippen LogP contribution in [0.3, 0.4) is 0 Å². The molecular formula is C25H29N5O4. The molecule has 0 radical (unpaired) electrons. The molecule has 178 valence electrons. The summed E-state index contributed by atoms with van der Waals surface area (Å²) in [7, 11) is 1.69. The number of nitrogens with one attached hydrogen (secondary N) is 2. The molecule has 3 rings (SSSR count). The molecule has 0 unspecified atom stereocenters. The van der Waals surface area contributed by atoms with Gasteiger partial charge in [0.2, 0.25) is 5.91 Å². The Kier molecular flexibility index (Phi) is 7.14. The summed E-state index contributed by atoms with van der Waals surface area (Å²) in [5.74, 6) is -0.842. The maximum atomic E-state index is 12.9. The van der Waals surface area contributed by atoms with Gasteiger partial charge in [-0.25, -0.2) is 4.98 Å². The molecule has 34 heavy (non-hydrogen) atoms. The van der Waals surface area contributed by atoms with E-state index in [1.54, 1.807) is 62.7 Å². The lowest BCUT2D eigenvalue weighted by Crippen LogP contribution is -2.42. The van der Waals surface area contributed by atoms with E-state index >= 15 is 0 Å². The van der Waals surface area contributed by atoms with Crippen molar-refractivity contribution in [2.75, 3.05) is 13.2 Å². The van der Waals surface area contributed by atoms with Crippen LogP contribution in [0.15, 0.2) is 47.3 Å². The van der Waals surface area contributed by atoms with Gasteiger partial charge in [0.25, 0.3) is 5.56 Å². The van der Waals surface area contributed by atoms with Crippen molar-refractivity contribution < 1.29 is 14.3 Å². The van der Waals surface area contributed by atoms with E-state index in [2.05, 4.69) is 10.3 Å². The Hall–Kier alpha value is -4.01. The largest absolute Gasteiger partial charge is 0.465 e. The van der Waals surface area contributed by atoms with Gasteiger partial charge in [-0.05, 0) is 44.0 Å². The van der Waals surface area contributed by atoms with Gasteiger partial charge >= 0.3 is 5.97 Å². The van der Waals surface area contributed by atoms with Crippen LogP contribution in [0.2, 0.25) is 0 Å². The summed E-state index contributed by atoms with van der Waals surface area (Å²) in [6.07, 6.45) is 0.314. The highest BCUT2D eigenvalue weighted by Gasteiger charge is 2.30. The third kappa shape index (κ3) is 5.14. The van der Waals surface area contributed by atoms with Crippen LogP contribution in [-0.4, -0.2) is 40.4 Å². The number of aryl methyl sites for hydroxylation is 1. The van der Waals surface area contributed by atoms with Gasteiger partial charge in [0.1, 0.15) is 18.1 Å². The van der Waals surface area contributed by atoms with Crippen LogP contribution < -0.4 is 16.6 Å². The van der Waals surface area contributed by atoms with Gasteiger partial charge in [-0.15, -0.1) is 0 Å². The number of fused-ring (bicyclic) bond motifs is 1. The summed E-state index contributed by atoms with van der Waals surface area (Å²) in [5, 5.41) is 10.1. The first-order valence-corrected chi connectivity index (χ1v) is 10.9. The van der Waals surface area contributed by atoms with Crippen molar-refractivity contribution in [2.45, 2.75) is 32.6 Å². The summed E-state index contributed by atoms with van der Waals surface area (Å²) in [6, 6.07) is 12.4. The van der Waals surface area contributed by atoms with E-state index in [0.717, 1.165) is 5.56 Å². The summed E-state index contributed by atoms with van der Waals surface area (Å²) < 4.78 is 6.40. The Morgan fingerprint density at radius 1 is 1.18 bits per heavy atom. The van der Waals surface area contributed by atoms with Crippen molar-refractivity contribution in [3.63, 3.8) is 0 Å². The fraction of sp³-hybridized carbons (Fsp3) is 0.320. The third-order valence-electron chi connectivity index (χ3n) is 5.77. The zero-order chi connectivity index (χ0) is 25.0. The number of carbonyl (C=O) groups excluding carboxylic acids is 2. The minimum absolute atomic E-state index is 0.0206. The Bertz CT molecular complexity index is 1310. The highest BCUT2D eigenvalue weighted by atomic mass is 16.5. The van der Waals surface area contributed by atoms with Crippen LogP contribution in [-0.2, 0) is 33.2 Å². The Balaban J connectivity index is 1.92. The molecule has 9 heteroatoms. The maximum absolute atomic E-state index is 12.9. The van der Waals surface area contributed by atoms with Gasteiger partial charge in [0.15, 0.2) is 0 Å². The lowest BCUT2D eigenvalue weighted by atomic mass is 9.83. The fourth-order valence-corrected chi connectivity index (χ4v) is 3.61. The van der Waals surface area contributed by atoms with Crippen LogP contribution >= 0.6 is 0 Å². The van der Waals surface area contributed by atoms with Crippen molar-refractivity contribution in [2.24, 2.45) is 12.8 Å². The number of benzene rings is 2. The lowest BCUT2D eigenvalue weighted by Gasteiger charge is -2.24. The molecule has 0 aliphatic rings. The molecule has 9 nitrogen and oxygen atoms in total. The molecule has 4 N–H and O–H groups in total. The molecule has 0 aliphatic heterocycles. The number of amidine groups is 1. The van der Waals surface area contributed by atoms with E-state index in [4.69, 9.17) is 15.9 Å². The van der Waals surface area contributed by atoms with Crippen molar-refractivity contribution in [1.82, 2.24) is 14.9 Å². The zero-order valence-corrected chi connectivity index (χ0v) is 19.8.